The van der Waals surface area contributed by atoms with Crippen LogP contribution in [0.2, 0.25) is 5.02 Å². The molecule has 256 valence electrons. The van der Waals surface area contributed by atoms with E-state index >= 15 is 0 Å². The number of piperazine rings is 1. The Balaban J connectivity index is 1.41. The molecule has 2 fully saturated rings. The van der Waals surface area contributed by atoms with Crippen molar-refractivity contribution in [1.29, 1.82) is 0 Å². The molecule has 2 aliphatic rings. The normalized spacial score (nSPS) is 16.8. The lowest BCUT2D eigenvalue weighted by Crippen LogP contribution is -2.49. The fraction of sp³-hybridized carbons (Fsp3) is 0.448. The van der Waals surface area contributed by atoms with E-state index in [9.17, 15) is 39.6 Å². The fourth-order valence-electron chi connectivity index (χ4n) is 5.26. The lowest BCUT2D eigenvalue weighted by Gasteiger charge is -2.36. The van der Waals surface area contributed by atoms with Gasteiger partial charge in [-0.3, -0.25) is 4.79 Å². The minimum atomic E-state index is -4.81. The van der Waals surface area contributed by atoms with Gasteiger partial charge in [0, 0.05) is 37.3 Å². The summed E-state index contributed by atoms with van der Waals surface area (Å²) >= 11 is 6.12. The summed E-state index contributed by atoms with van der Waals surface area (Å²) in [5.74, 6) is -1.20. The molecule has 2 heterocycles. The molecule has 1 aliphatic heterocycles. The molecule has 5 rings (SSSR count). The predicted molar refractivity (Wildman–Crippen MR) is 158 cm³/mol. The lowest BCUT2D eigenvalue weighted by molar-refractivity contribution is -0.154. The van der Waals surface area contributed by atoms with E-state index < -0.39 is 57.5 Å². The van der Waals surface area contributed by atoms with Crippen molar-refractivity contribution in [3.8, 4) is 22.9 Å². The van der Waals surface area contributed by atoms with Crippen molar-refractivity contribution in [1.82, 2.24) is 14.1 Å². The maximum Gasteiger partial charge on any atom is 0.422 e. The molecule has 18 heteroatoms. The maximum atomic E-state index is 13.7. The molecule has 1 saturated heterocycles. The van der Waals surface area contributed by atoms with Crippen LogP contribution in [0.4, 0.5) is 32.0 Å². The Morgan fingerprint density at radius 2 is 1.55 bits per heavy atom. The molecule has 0 atom stereocenters. The van der Waals surface area contributed by atoms with Crippen molar-refractivity contribution in [3.05, 3.63) is 64.0 Å². The van der Waals surface area contributed by atoms with Gasteiger partial charge in [-0.1, -0.05) is 17.7 Å². The van der Waals surface area contributed by atoms with Crippen molar-refractivity contribution in [2.24, 2.45) is 0 Å². The van der Waals surface area contributed by atoms with E-state index in [4.69, 9.17) is 21.1 Å². The van der Waals surface area contributed by atoms with Gasteiger partial charge in [-0.25, -0.2) is 8.42 Å². The van der Waals surface area contributed by atoms with E-state index in [0.717, 1.165) is 46.8 Å². The van der Waals surface area contributed by atoms with Gasteiger partial charge < -0.3 is 19.1 Å². The average molecular weight is 711 g/mol. The van der Waals surface area contributed by atoms with E-state index in [-0.39, 0.29) is 38.0 Å². The number of nitrogens with zero attached hydrogens (tertiary/aromatic N) is 4. The summed E-state index contributed by atoms with van der Waals surface area (Å²) in [7, 11) is -4.60. The second-order valence-corrected chi connectivity index (χ2v) is 13.2. The van der Waals surface area contributed by atoms with Crippen LogP contribution >= 0.6 is 11.6 Å². The second-order valence-electron chi connectivity index (χ2n) is 10.9. The summed E-state index contributed by atoms with van der Waals surface area (Å²) in [6.07, 6.45) is -4.98. The van der Waals surface area contributed by atoms with Crippen LogP contribution in [0.3, 0.4) is 0 Å². The smallest absolute Gasteiger partial charge is 0.422 e. The van der Waals surface area contributed by atoms with Crippen molar-refractivity contribution < 1.29 is 49.0 Å². The Kier molecular flexibility index (Phi) is 10.2. The molecule has 0 bridgehead atoms. The summed E-state index contributed by atoms with van der Waals surface area (Å²) in [6, 6.07) is 8.92. The first-order chi connectivity index (χ1) is 22.1. The maximum absolute atomic E-state index is 13.7. The molecule has 2 aromatic carbocycles. The number of hydrogen-bond donors (Lipinski definition) is 0. The summed E-state index contributed by atoms with van der Waals surface area (Å²) in [6.45, 7) is -3.94. The number of hydrogen-bond acceptors (Lipinski definition) is 8. The monoisotopic (exact) mass is 710 g/mol. The number of ether oxygens (including phenoxy) is 3. The summed E-state index contributed by atoms with van der Waals surface area (Å²) in [5.41, 5.74) is 0.189. The first-order valence-corrected chi connectivity index (χ1v) is 16.3. The molecule has 0 amide bonds. The van der Waals surface area contributed by atoms with Crippen LogP contribution in [0.1, 0.15) is 25.7 Å². The minimum absolute atomic E-state index is 0.0194. The van der Waals surface area contributed by atoms with Gasteiger partial charge in [0.2, 0.25) is 15.8 Å². The highest BCUT2D eigenvalue weighted by Gasteiger charge is 2.36. The van der Waals surface area contributed by atoms with Gasteiger partial charge in [-0.2, -0.15) is 40.4 Å². The number of halogens is 7. The number of alkyl halides is 6. The zero-order valence-electron chi connectivity index (χ0n) is 24.6. The van der Waals surface area contributed by atoms with Gasteiger partial charge >= 0.3 is 17.9 Å². The van der Waals surface area contributed by atoms with Crippen LogP contribution in [0, 0.1) is 0 Å². The Hall–Kier alpha value is -3.70. The standard InChI is InChI=1S/C29H29ClF6N4O6S/c30-19-4-3-5-20(14-19)40-27(41)26(46-21-6-1-2-7-21)23(16-37-40)38-10-12-39(13-11-38)47(42,43)25-15-22(44-17-28(31,32)33)8-9-24(25)45-18-29(34,35)36/h3-5,8-9,14-16,21H,1-2,6-7,10-13,17-18H2. The quantitative estimate of drug-likeness (QED) is 0.251. The SMILES string of the molecule is O=c1c(OC2CCCC2)c(N2CCN(S(=O)(=O)c3cc(OCC(F)(F)F)ccc3OCC(F)(F)F)CC2)cnn1-c1cccc(Cl)c1. The molecule has 10 nitrogen and oxygen atoms in total. The van der Waals surface area contributed by atoms with Crippen molar-refractivity contribution >= 4 is 27.3 Å². The largest absolute Gasteiger partial charge is 0.484 e. The molecular formula is C29H29ClF6N4O6S. The summed E-state index contributed by atoms with van der Waals surface area (Å²) in [5, 5.41) is 4.69. The molecular weight excluding hydrogens is 682 g/mol. The lowest BCUT2D eigenvalue weighted by atomic mass is 10.2. The molecule has 0 unspecified atom stereocenters. The number of anilines is 1. The highest BCUT2D eigenvalue weighted by molar-refractivity contribution is 7.89. The topological polar surface area (TPSA) is 103 Å². The van der Waals surface area contributed by atoms with E-state index in [1.807, 2.05) is 0 Å². The fourth-order valence-corrected chi connectivity index (χ4v) is 7.02. The van der Waals surface area contributed by atoms with Crippen molar-refractivity contribution in [2.45, 2.75) is 49.0 Å². The highest BCUT2D eigenvalue weighted by Crippen LogP contribution is 2.35. The number of rotatable bonds is 10. The van der Waals surface area contributed by atoms with E-state index in [1.54, 1.807) is 29.2 Å². The van der Waals surface area contributed by atoms with Crippen LogP contribution in [-0.4, -0.2) is 80.4 Å². The summed E-state index contributed by atoms with van der Waals surface area (Å²) < 4.78 is 122. The Morgan fingerprint density at radius 1 is 0.894 bits per heavy atom. The average Bonchev–Trinajstić information content (AvgIpc) is 3.53. The third-order valence-electron chi connectivity index (χ3n) is 7.46. The van der Waals surface area contributed by atoms with Crippen LogP contribution in [0.25, 0.3) is 5.69 Å². The molecule has 3 aromatic rings. The van der Waals surface area contributed by atoms with E-state index in [1.165, 1.54) is 6.20 Å². The van der Waals surface area contributed by atoms with Gasteiger partial charge in [0.25, 0.3) is 0 Å². The minimum Gasteiger partial charge on any atom is -0.484 e. The third kappa shape index (κ3) is 8.61. The zero-order chi connectivity index (χ0) is 34.0. The van der Waals surface area contributed by atoms with Gasteiger partial charge in [0.15, 0.2) is 13.2 Å². The number of sulfonamides is 1. The van der Waals surface area contributed by atoms with E-state index in [0.29, 0.717) is 22.5 Å². The molecule has 1 aromatic heterocycles. The predicted octanol–water partition coefficient (Wildman–Crippen LogP) is 5.60. The molecule has 1 saturated carbocycles. The van der Waals surface area contributed by atoms with Crippen molar-refractivity contribution in [2.75, 3.05) is 44.3 Å². The third-order valence-corrected chi connectivity index (χ3v) is 9.62. The molecule has 0 radical (unpaired) electrons. The van der Waals surface area contributed by atoms with Crippen molar-refractivity contribution in [3.63, 3.8) is 0 Å². The zero-order valence-corrected chi connectivity index (χ0v) is 26.1. The molecule has 0 N–H and O–H groups in total. The van der Waals surface area contributed by atoms with Gasteiger partial charge in [0.1, 0.15) is 22.1 Å². The highest BCUT2D eigenvalue weighted by atomic mass is 35.5. The number of benzene rings is 2. The second kappa shape index (κ2) is 13.8. The summed E-state index contributed by atoms with van der Waals surface area (Å²) in [4.78, 5) is 14.6. The number of aromatic nitrogens is 2. The first kappa shape index (κ1) is 34.6. The molecule has 0 spiro atoms. The Bertz CT molecular complexity index is 1740. The van der Waals surface area contributed by atoms with Crippen LogP contribution < -0.4 is 24.7 Å². The van der Waals surface area contributed by atoms with Crippen LogP contribution in [0.15, 0.2) is 58.4 Å². The van der Waals surface area contributed by atoms with E-state index in [2.05, 4.69) is 9.84 Å². The van der Waals surface area contributed by atoms with Gasteiger partial charge in [-0.15, -0.1) is 0 Å². The van der Waals surface area contributed by atoms with Crippen LogP contribution in [0.5, 0.6) is 17.2 Å². The Morgan fingerprint density at radius 3 is 2.19 bits per heavy atom. The van der Waals surface area contributed by atoms with Crippen LogP contribution in [-0.2, 0) is 10.0 Å². The van der Waals surface area contributed by atoms with Gasteiger partial charge in [-0.05, 0) is 56.0 Å². The van der Waals surface area contributed by atoms with Gasteiger partial charge in [0.05, 0.1) is 18.0 Å². The molecule has 47 heavy (non-hydrogen) atoms. The first-order valence-electron chi connectivity index (χ1n) is 14.4. The molecule has 1 aliphatic carbocycles. The Labute approximate surface area is 270 Å².